The molecule has 0 aromatic heterocycles. The molecule has 0 unspecified atom stereocenters. The molecular formula is C18H13Cl2F5N2O4S. The third-order valence-corrected chi connectivity index (χ3v) is 7.05. The Bertz CT molecular complexity index is 1150. The van der Waals surface area contributed by atoms with E-state index in [1.807, 2.05) is 0 Å². The van der Waals surface area contributed by atoms with Crippen molar-refractivity contribution in [2.24, 2.45) is 0 Å². The number of sulfonamides is 1. The zero-order valence-electron chi connectivity index (χ0n) is 15.8. The second-order valence-corrected chi connectivity index (χ2v) is 9.27. The van der Waals surface area contributed by atoms with Crippen molar-refractivity contribution < 1.29 is 39.9 Å². The minimum Gasteiger partial charge on any atom is -0.482 e. The lowest BCUT2D eigenvalue weighted by molar-refractivity contribution is -0.134. The zero-order valence-corrected chi connectivity index (χ0v) is 18.2. The van der Waals surface area contributed by atoms with Crippen LogP contribution < -0.4 is 4.74 Å². The maximum atomic E-state index is 14.0. The van der Waals surface area contributed by atoms with Crippen molar-refractivity contribution in [1.82, 2.24) is 9.21 Å². The van der Waals surface area contributed by atoms with Crippen LogP contribution in [0.25, 0.3) is 0 Å². The van der Waals surface area contributed by atoms with Crippen molar-refractivity contribution in [3.63, 3.8) is 0 Å². The van der Waals surface area contributed by atoms with Crippen LogP contribution in [0.15, 0.2) is 23.1 Å². The van der Waals surface area contributed by atoms with Crippen molar-refractivity contribution in [2.75, 3.05) is 32.8 Å². The monoisotopic (exact) mass is 518 g/mol. The second kappa shape index (κ2) is 9.38. The van der Waals surface area contributed by atoms with Gasteiger partial charge >= 0.3 is 0 Å². The summed E-state index contributed by atoms with van der Waals surface area (Å²) in [6.07, 6.45) is 0. The summed E-state index contributed by atoms with van der Waals surface area (Å²) in [5, 5.41) is 0.531. The molecule has 14 heteroatoms. The average Bonchev–Trinajstić information content (AvgIpc) is 2.75. The molecule has 32 heavy (non-hydrogen) atoms. The first-order chi connectivity index (χ1) is 14.9. The van der Waals surface area contributed by atoms with Gasteiger partial charge in [0.25, 0.3) is 5.91 Å². The molecule has 0 bridgehead atoms. The summed E-state index contributed by atoms with van der Waals surface area (Å²) >= 11 is 11.7. The Morgan fingerprint density at radius 2 is 1.44 bits per heavy atom. The Morgan fingerprint density at radius 3 is 1.97 bits per heavy atom. The third kappa shape index (κ3) is 4.63. The number of piperazine rings is 1. The van der Waals surface area contributed by atoms with E-state index in [9.17, 15) is 35.2 Å². The molecule has 174 valence electrons. The van der Waals surface area contributed by atoms with Crippen molar-refractivity contribution in [3.05, 3.63) is 57.3 Å². The van der Waals surface area contributed by atoms with E-state index in [1.165, 1.54) is 23.1 Å². The summed E-state index contributed by atoms with van der Waals surface area (Å²) in [4.78, 5) is 11.6. The van der Waals surface area contributed by atoms with Crippen LogP contribution in [0.3, 0.4) is 0 Å². The van der Waals surface area contributed by atoms with E-state index in [2.05, 4.69) is 0 Å². The van der Waals surface area contributed by atoms with E-state index < -0.39 is 69.6 Å². The summed E-state index contributed by atoms with van der Waals surface area (Å²) in [6, 6.07) is 4.36. The highest BCUT2D eigenvalue weighted by atomic mass is 35.5. The molecule has 3 rings (SSSR count). The van der Waals surface area contributed by atoms with Crippen LogP contribution in [0.1, 0.15) is 0 Å². The Labute approximate surface area is 189 Å². The van der Waals surface area contributed by atoms with Crippen LogP contribution >= 0.6 is 23.2 Å². The molecule has 1 aliphatic heterocycles. The molecule has 0 N–H and O–H groups in total. The molecule has 0 radical (unpaired) electrons. The maximum Gasteiger partial charge on any atom is 0.260 e. The Kier molecular flexibility index (Phi) is 7.18. The number of hydrogen-bond donors (Lipinski definition) is 0. The Hall–Kier alpha value is -2.15. The summed E-state index contributed by atoms with van der Waals surface area (Å²) in [5.74, 6) is -12.4. The molecule has 6 nitrogen and oxygen atoms in total. The molecule has 0 atom stereocenters. The number of hydrogen-bond acceptors (Lipinski definition) is 4. The molecule has 1 amide bonds. The number of halogens is 7. The van der Waals surface area contributed by atoms with Crippen LogP contribution in [-0.2, 0) is 14.8 Å². The van der Waals surface area contributed by atoms with Gasteiger partial charge in [-0.25, -0.2) is 30.4 Å². The van der Waals surface area contributed by atoms with Gasteiger partial charge in [0.2, 0.25) is 15.8 Å². The fraction of sp³-hybridized carbons (Fsp3) is 0.278. The van der Waals surface area contributed by atoms with E-state index in [0.717, 1.165) is 0 Å². The molecule has 1 aliphatic rings. The number of rotatable bonds is 5. The van der Waals surface area contributed by atoms with Gasteiger partial charge in [-0.05, 0) is 18.2 Å². The van der Waals surface area contributed by atoms with Crippen molar-refractivity contribution in [1.29, 1.82) is 0 Å². The van der Waals surface area contributed by atoms with Crippen LogP contribution in [0.4, 0.5) is 22.0 Å². The zero-order chi connectivity index (χ0) is 23.8. The average molecular weight is 519 g/mol. The first kappa shape index (κ1) is 24.5. The topological polar surface area (TPSA) is 66.9 Å². The lowest BCUT2D eigenvalue weighted by Crippen LogP contribution is -2.51. The summed E-state index contributed by atoms with van der Waals surface area (Å²) < 4.78 is 98.8. The van der Waals surface area contributed by atoms with Gasteiger partial charge in [-0.3, -0.25) is 4.79 Å². The molecule has 1 saturated heterocycles. The number of carbonyl (C=O) groups excluding carboxylic acids is 1. The Morgan fingerprint density at radius 1 is 0.906 bits per heavy atom. The van der Waals surface area contributed by atoms with Crippen LogP contribution in [0, 0.1) is 29.1 Å². The lowest BCUT2D eigenvalue weighted by atomic mass is 10.3. The number of ether oxygens (including phenoxy) is 1. The molecule has 0 aliphatic carbocycles. The summed E-state index contributed by atoms with van der Waals surface area (Å²) in [5.41, 5.74) is 0. The van der Waals surface area contributed by atoms with E-state index in [1.54, 1.807) is 0 Å². The normalized spacial score (nSPS) is 15.2. The highest BCUT2D eigenvalue weighted by molar-refractivity contribution is 7.89. The van der Waals surface area contributed by atoms with E-state index in [0.29, 0.717) is 9.33 Å². The number of benzene rings is 2. The summed E-state index contributed by atoms with van der Waals surface area (Å²) in [6.45, 7) is -1.72. The predicted molar refractivity (Wildman–Crippen MR) is 104 cm³/mol. The second-order valence-electron chi connectivity index (χ2n) is 6.55. The first-order valence-electron chi connectivity index (χ1n) is 8.82. The summed E-state index contributed by atoms with van der Waals surface area (Å²) in [7, 11) is -5.06. The fourth-order valence-electron chi connectivity index (χ4n) is 2.94. The van der Waals surface area contributed by atoms with Crippen LogP contribution in [-0.4, -0.2) is 56.3 Å². The highest BCUT2D eigenvalue weighted by Gasteiger charge is 2.38. The molecule has 0 saturated carbocycles. The first-order valence-corrected chi connectivity index (χ1v) is 11.0. The molecular weight excluding hydrogens is 506 g/mol. The van der Waals surface area contributed by atoms with Crippen molar-refractivity contribution in [2.45, 2.75) is 4.90 Å². The number of nitrogens with zero attached hydrogens (tertiary/aromatic N) is 2. The van der Waals surface area contributed by atoms with Gasteiger partial charge in [0, 0.05) is 31.2 Å². The van der Waals surface area contributed by atoms with Gasteiger partial charge < -0.3 is 9.64 Å². The minimum atomic E-state index is -5.06. The smallest absolute Gasteiger partial charge is 0.260 e. The standard InChI is InChI=1S/C18H13Cl2F5N2O4S/c19-9-1-2-11(10(20)7-9)31-8-12(28)26-3-5-27(6-4-26)32(29,30)18-16(24)14(22)13(21)15(23)17(18)25/h1-2,7H,3-6,8H2. The van der Waals surface area contributed by atoms with Crippen LogP contribution in [0.5, 0.6) is 5.75 Å². The van der Waals surface area contributed by atoms with Gasteiger partial charge in [0.1, 0.15) is 5.75 Å². The van der Waals surface area contributed by atoms with Gasteiger partial charge in [-0.1, -0.05) is 23.2 Å². The van der Waals surface area contributed by atoms with Gasteiger partial charge in [0.15, 0.2) is 34.8 Å². The van der Waals surface area contributed by atoms with E-state index >= 15 is 0 Å². The van der Waals surface area contributed by atoms with Gasteiger partial charge in [0.05, 0.1) is 5.02 Å². The lowest BCUT2D eigenvalue weighted by Gasteiger charge is -2.34. The van der Waals surface area contributed by atoms with Crippen LogP contribution in [0.2, 0.25) is 10.0 Å². The maximum absolute atomic E-state index is 14.0. The van der Waals surface area contributed by atoms with Gasteiger partial charge in [-0.2, -0.15) is 4.31 Å². The third-order valence-electron chi connectivity index (χ3n) is 4.60. The van der Waals surface area contributed by atoms with E-state index in [4.69, 9.17) is 27.9 Å². The molecule has 1 fully saturated rings. The van der Waals surface area contributed by atoms with Crippen molar-refractivity contribution in [3.8, 4) is 5.75 Å². The largest absolute Gasteiger partial charge is 0.482 e. The fourth-order valence-corrected chi connectivity index (χ4v) is 4.94. The molecule has 1 heterocycles. The highest BCUT2D eigenvalue weighted by Crippen LogP contribution is 2.30. The number of carbonyl (C=O) groups is 1. The number of amides is 1. The predicted octanol–water partition coefficient (Wildman–Crippen LogP) is 3.60. The molecule has 2 aromatic rings. The SMILES string of the molecule is O=C(COc1ccc(Cl)cc1Cl)N1CCN(S(=O)(=O)c2c(F)c(F)c(F)c(F)c2F)CC1. The molecule has 0 spiro atoms. The van der Waals surface area contributed by atoms with Gasteiger partial charge in [-0.15, -0.1) is 0 Å². The Balaban J connectivity index is 1.68. The van der Waals surface area contributed by atoms with Crippen molar-refractivity contribution >= 4 is 39.1 Å². The van der Waals surface area contributed by atoms with E-state index in [-0.39, 0.29) is 23.9 Å². The molecule has 2 aromatic carbocycles. The minimum absolute atomic E-state index is 0.170. The quantitative estimate of drug-likeness (QED) is 0.344.